The van der Waals surface area contributed by atoms with E-state index in [4.69, 9.17) is 15.2 Å². The van der Waals surface area contributed by atoms with Gasteiger partial charge in [-0.1, -0.05) is 18.2 Å². The number of ether oxygens (including phenoxy) is 2. The molecule has 0 radical (unpaired) electrons. The predicted octanol–water partition coefficient (Wildman–Crippen LogP) is 0.872. The quantitative estimate of drug-likeness (QED) is 0.609. The van der Waals surface area contributed by atoms with Gasteiger partial charge < -0.3 is 15.2 Å². The molecule has 0 heterocycles. The SMILES string of the molecule is CCOC(=O)C(C)(Oc1ccccc1)C(N)=O. The topological polar surface area (TPSA) is 78.6 Å². The monoisotopic (exact) mass is 237 g/mol. The summed E-state index contributed by atoms with van der Waals surface area (Å²) < 4.78 is 10.1. The number of nitrogens with two attached hydrogens (primary N) is 1. The number of primary amides is 1. The van der Waals surface area contributed by atoms with E-state index in [1.807, 2.05) is 0 Å². The van der Waals surface area contributed by atoms with Crippen molar-refractivity contribution < 1.29 is 19.1 Å². The van der Waals surface area contributed by atoms with Crippen LogP contribution in [0, 0.1) is 0 Å². The minimum atomic E-state index is -1.81. The standard InChI is InChI=1S/C12H15NO4/c1-3-16-11(15)12(2,10(13)14)17-9-7-5-4-6-8-9/h4-8H,3H2,1-2H3,(H2,13,14). The zero-order valence-electron chi connectivity index (χ0n) is 9.80. The van der Waals surface area contributed by atoms with E-state index in [2.05, 4.69) is 0 Å². The molecule has 0 aliphatic carbocycles. The number of rotatable bonds is 5. The van der Waals surface area contributed by atoms with Crippen LogP contribution in [0.2, 0.25) is 0 Å². The number of esters is 1. The Hall–Kier alpha value is -2.04. The summed E-state index contributed by atoms with van der Waals surface area (Å²) >= 11 is 0. The fraction of sp³-hybridized carbons (Fsp3) is 0.333. The van der Waals surface area contributed by atoms with Gasteiger partial charge in [-0.15, -0.1) is 0 Å². The van der Waals surface area contributed by atoms with Crippen molar-refractivity contribution in [2.45, 2.75) is 19.4 Å². The average Bonchev–Trinajstić information content (AvgIpc) is 2.30. The van der Waals surface area contributed by atoms with E-state index in [-0.39, 0.29) is 6.61 Å². The lowest BCUT2D eigenvalue weighted by Crippen LogP contribution is -2.53. The molecule has 0 aromatic heterocycles. The first-order valence-corrected chi connectivity index (χ1v) is 5.22. The third-order valence-corrected chi connectivity index (χ3v) is 2.20. The van der Waals surface area contributed by atoms with Gasteiger partial charge in [0.1, 0.15) is 5.75 Å². The van der Waals surface area contributed by atoms with Crippen LogP contribution in [0.15, 0.2) is 30.3 Å². The molecule has 2 N–H and O–H groups in total. The maximum Gasteiger partial charge on any atom is 0.360 e. The van der Waals surface area contributed by atoms with Crippen LogP contribution >= 0.6 is 0 Å². The predicted molar refractivity (Wildman–Crippen MR) is 61.3 cm³/mol. The van der Waals surface area contributed by atoms with Gasteiger partial charge in [0.15, 0.2) is 0 Å². The van der Waals surface area contributed by atoms with Gasteiger partial charge in [-0.05, 0) is 26.0 Å². The van der Waals surface area contributed by atoms with Crippen molar-refractivity contribution in [3.63, 3.8) is 0 Å². The molecule has 1 atom stereocenters. The number of carbonyl (C=O) groups is 2. The number of hydrogen-bond acceptors (Lipinski definition) is 4. The lowest BCUT2D eigenvalue weighted by molar-refractivity contribution is -0.165. The highest BCUT2D eigenvalue weighted by Gasteiger charge is 2.43. The van der Waals surface area contributed by atoms with Crippen LogP contribution in [0.1, 0.15) is 13.8 Å². The zero-order valence-corrected chi connectivity index (χ0v) is 9.80. The summed E-state index contributed by atoms with van der Waals surface area (Å²) in [6, 6.07) is 8.49. The van der Waals surface area contributed by atoms with Gasteiger partial charge in [-0.3, -0.25) is 4.79 Å². The first kappa shape index (κ1) is 13.0. The second kappa shape index (κ2) is 5.34. The Balaban J connectivity index is 2.93. The van der Waals surface area contributed by atoms with Crippen molar-refractivity contribution in [2.75, 3.05) is 6.61 Å². The van der Waals surface area contributed by atoms with Crippen LogP contribution in [0.4, 0.5) is 0 Å². The molecule has 1 amide bonds. The number of benzene rings is 1. The largest absolute Gasteiger partial charge is 0.466 e. The molecule has 0 fully saturated rings. The second-order valence-corrected chi connectivity index (χ2v) is 3.53. The van der Waals surface area contributed by atoms with Crippen LogP contribution in [-0.2, 0) is 14.3 Å². The van der Waals surface area contributed by atoms with Gasteiger partial charge in [0.25, 0.3) is 11.5 Å². The highest BCUT2D eigenvalue weighted by atomic mass is 16.6. The Bertz CT molecular complexity index is 404. The third-order valence-electron chi connectivity index (χ3n) is 2.20. The van der Waals surface area contributed by atoms with Crippen LogP contribution in [-0.4, -0.2) is 24.1 Å². The van der Waals surface area contributed by atoms with Crippen molar-refractivity contribution >= 4 is 11.9 Å². The zero-order chi connectivity index (χ0) is 12.9. The Morgan fingerprint density at radius 1 is 1.29 bits per heavy atom. The molecule has 0 aliphatic rings. The molecule has 0 aliphatic heterocycles. The summed E-state index contributed by atoms with van der Waals surface area (Å²) in [6.07, 6.45) is 0. The van der Waals surface area contributed by atoms with E-state index in [0.29, 0.717) is 5.75 Å². The summed E-state index contributed by atoms with van der Waals surface area (Å²) in [7, 11) is 0. The molecule has 92 valence electrons. The van der Waals surface area contributed by atoms with Crippen LogP contribution in [0.25, 0.3) is 0 Å². The summed E-state index contributed by atoms with van der Waals surface area (Å²) in [5.74, 6) is -1.31. The Morgan fingerprint density at radius 3 is 2.35 bits per heavy atom. The van der Waals surface area contributed by atoms with Gasteiger partial charge in [-0.25, -0.2) is 4.79 Å². The van der Waals surface area contributed by atoms with Gasteiger partial charge >= 0.3 is 5.97 Å². The van der Waals surface area contributed by atoms with Crippen molar-refractivity contribution in [3.8, 4) is 5.75 Å². The molecule has 5 nitrogen and oxygen atoms in total. The molecular weight excluding hydrogens is 222 g/mol. The molecule has 0 spiro atoms. The summed E-state index contributed by atoms with van der Waals surface area (Å²) in [6.45, 7) is 3.09. The molecule has 1 unspecified atom stereocenters. The number of amides is 1. The highest BCUT2D eigenvalue weighted by molar-refractivity contribution is 6.05. The Morgan fingerprint density at radius 2 is 1.88 bits per heavy atom. The lowest BCUT2D eigenvalue weighted by Gasteiger charge is -2.24. The summed E-state index contributed by atoms with van der Waals surface area (Å²) in [5.41, 5.74) is 3.38. The maximum atomic E-state index is 11.7. The normalized spacial score (nSPS) is 13.5. The van der Waals surface area contributed by atoms with E-state index in [0.717, 1.165) is 0 Å². The molecular formula is C12H15NO4. The van der Waals surface area contributed by atoms with E-state index in [9.17, 15) is 9.59 Å². The lowest BCUT2D eigenvalue weighted by atomic mass is 10.1. The number of carbonyl (C=O) groups excluding carboxylic acids is 2. The first-order chi connectivity index (χ1) is 8.00. The molecule has 0 saturated heterocycles. The fourth-order valence-electron chi connectivity index (χ4n) is 1.19. The van der Waals surface area contributed by atoms with Crippen LogP contribution in [0.3, 0.4) is 0 Å². The minimum absolute atomic E-state index is 0.153. The van der Waals surface area contributed by atoms with Gasteiger partial charge in [0.05, 0.1) is 6.61 Å². The maximum absolute atomic E-state index is 11.7. The van der Waals surface area contributed by atoms with Crippen LogP contribution < -0.4 is 10.5 Å². The Kier molecular flexibility index (Phi) is 4.09. The second-order valence-electron chi connectivity index (χ2n) is 3.53. The summed E-state index contributed by atoms with van der Waals surface area (Å²) in [4.78, 5) is 23.0. The fourth-order valence-corrected chi connectivity index (χ4v) is 1.19. The molecule has 1 aromatic carbocycles. The van der Waals surface area contributed by atoms with Gasteiger partial charge in [0.2, 0.25) is 0 Å². The first-order valence-electron chi connectivity index (χ1n) is 5.22. The van der Waals surface area contributed by atoms with E-state index >= 15 is 0 Å². The van der Waals surface area contributed by atoms with Crippen molar-refractivity contribution in [3.05, 3.63) is 30.3 Å². The molecule has 17 heavy (non-hydrogen) atoms. The highest BCUT2D eigenvalue weighted by Crippen LogP contribution is 2.19. The van der Waals surface area contributed by atoms with Crippen molar-refractivity contribution in [2.24, 2.45) is 5.73 Å². The van der Waals surface area contributed by atoms with E-state index in [1.165, 1.54) is 6.92 Å². The van der Waals surface area contributed by atoms with Gasteiger partial charge in [-0.2, -0.15) is 0 Å². The van der Waals surface area contributed by atoms with Crippen molar-refractivity contribution in [1.29, 1.82) is 0 Å². The minimum Gasteiger partial charge on any atom is -0.466 e. The summed E-state index contributed by atoms with van der Waals surface area (Å²) in [5, 5.41) is 0. The molecule has 0 bridgehead atoms. The molecule has 0 saturated carbocycles. The average molecular weight is 237 g/mol. The smallest absolute Gasteiger partial charge is 0.360 e. The van der Waals surface area contributed by atoms with Gasteiger partial charge in [0, 0.05) is 0 Å². The number of para-hydroxylation sites is 1. The van der Waals surface area contributed by atoms with E-state index in [1.54, 1.807) is 37.3 Å². The molecule has 1 rings (SSSR count). The molecule has 1 aromatic rings. The van der Waals surface area contributed by atoms with E-state index < -0.39 is 17.5 Å². The third kappa shape index (κ3) is 2.96. The van der Waals surface area contributed by atoms with Crippen molar-refractivity contribution in [1.82, 2.24) is 0 Å². The van der Waals surface area contributed by atoms with Crippen LogP contribution in [0.5, 0.6) is 5.75 Å². The molecule has 5 heteroatoms. The number of hydrogen-bond donors (Lipinski definition) is 1. The Labute approximate surface area is 99.5 Å².